The van der Waals surface area contributed by atoms with E-state index in [1.165, 1.54) is 6.07 Å². The van der Waals surface area contributed by atoms with Gasteiger partial charge >= 0.3 is 0 Å². The summed E-state index contributed by atoms with van der Waals surface area (Å²) in [7, 11) is 0. The Morgan fingerprint density at radius 2 is 2.06 bits per heavy atom. The van der Waals surface area contributed by atoms with Crippen LogP contribution in [-0.2, 0) is 0 Å². The molecule has 0 amide bonds. The van der Waals surface area contributed by atoms with Crippen molar-refractivity contribution in [3.05, 3.63) is 46.0 Å². The van der Waals surface area contributed by atoms with Crippen LogP contribution in [0.3, 0.4) is 0 Å². The molecular formula is C11H11N5O2. The van der Waals surface area contributed by atoms with E-state index in [0.29, 0.717) is 22.9 Å². The Bertz CT molecular complexity index is 582. The summed E-state index contributed by atoms with van der Waals surface area (Å²) in [5, 5.41) is 21.2. The quantitative estimate of drug-likeness (QED) is 0.632. The summed E-state index contributed by atoms with van der Waals surface area (Å²) in [6, 6.07) is 8.10. The maximum atomic E-state index is 10.8. The summed E-state index contributed by atoms with van der Waals surface area (Å²) in [6.07, 6.45) is 0. The van der Waals surface area contributed by atoms with Gasteiger partial charge in [0, 0.05) is 17.3 Å². The van der Waals surface area contributed by atoms with E-state index < -0.39 is 4.92 Å². The van der Waals surface area contributed by atoms with Gasteiger partial charge in [0.1, 0.15) is 5.82 Å². The Balaban J connectivity index is 2.27. The van der Waals surface area contributed by atoms with Crippen molar-refractivity contribution in [3.8, 4) is 0 Å². The lowest BCUT2D eigenvalue weighted by molar-refractivity contribution is -0.385. The van der Waals surface area contributed by atoms with Gasteiger partial charge in [-0.1, -0.05) is 6.07 Å². The average Bonchev–Trinajstić information content (AvgIpc) is 2.34. The fourth-order valence-electron chi connectivity index (χ4n) is 1.44. The number of nitrogens with two attached hydrogens (primary N) is 1. The fraction of sp³-hybridized carbons (Fsp3) is 0.0909. The van der Waals surface area contributed by atoms with Gasteiger partial charge in [-0.2, -0.15) is 0 Å². The Morgan fingerprint density at radius 1 is 1.28 bits per heavy atom. The highest BCUT2D eigenvalue weighted by atomic mass is 16.6. The first kappa shape index (κ1) is 11.8. The summed E-state index contributed by atoms with van der Waals surface area (Å²) in [4.78, 5) is 10.4. The standard InChI is InChI=1S/C11H11N5O2/c1-7-2-3-8(6-9(7)16(17)18)13-11-5-4-10(12)14-15-11/h2-6H,1H3,(H2,12,14)(H,13,15). The molecule has 0 atom stereocenters. The molecule has 0 aliphatic rings. The van der Waals surface area contributed by atoms with Gasteiger partial charge < -0.3 is 11.1 Å². The normalized spacial score (nSPS) is 10.1. The average molecular weight is 245 g/mol. The lowest BCUT2D eigenvalue weighted by Gasteiger charge is -2.05. The minimum absolute atomic E-state index is 0.0587. The highest BCUT2D eigenvalue weighted by molar-refractivity contribution is 5.61. The molecule has 0 aliphatic carbocycles. The number of nitrogens with one attached hydrogen (secondary N) is 1. The van der Waals surface area contributed by atoms with Crippen molar-refractivity contribution in [1.29, 1.82) is 0 Å². The number of nitrogens with zero attached hydrogens (tertiary/aromatic N) is 3. The molecule has 0 spiro atoms. The molecule has 0 aliphatic heterocycles. The Kier molecular flexibility index (Phi) is 3.05. The highest BCUT2D eigenvalue weighted by Gasteiger charge is 2.11. The molecule has 3 N–H and O–H groups in total. The van der Waals surface area contributed by atoms with E-state index in [2.05, 4.69) is 15.5 Å². The monoisotopic (exact) mass is 245 g/mol. The molecule has 0 saturated heterocycles. The van der Waals surface area contributed by atoms with E-state index in [-0.39, 0.29) is 5.69 Å². The van der Waals surface area contributed by atoms with Gasteiger partial charge in [-0.3, -0.25) is 10.1 Å². The first-order valence-electron chi connectivity index (χ1n) is 5.17. The smallest absolute Gasteiger partial charge is 0.274 e. The van der Waals surface area contributed by atoms with Gasteiger partial charge in [0.25, 0.3) is 5.69 Å². The number of benzene rings is 1. The van der Waals surface area contributed by atoms with Gasteiger partial charge in [-0.15, -0.1) is 10.2 Å². The lowest BCUT2D eigenvalue weighted by atomic mass is 10.2. The van der Waals surface area contributed by atoms with Gasteiger partial charge in [-0.25, -0.2) is 0 Å². The predicted octanol–water partition coefficient (Wildman–Crippen LogP) is 2.02. The van der Waals surface area contributed by atoms with Crippen LogP contribution in [0.4, 0.5) is 23.0 Å². The Morgan fingerprint density at radius 3 is 2.67 bits per heavy atom. The van der Waals surface area contributed by atoms with Crippen LogP contribution in [0, 0.1) is 17.0 Å². The van der Waals surface area contributed by atoms with E-state index in [4.69, 9.17) is 5.73 Å². The van der Waals surface area contributed by atoms with Crippen molar-refractivity contribution in [1.82, 2.24) is 10.2 Å². The molecule has 0 bridgehead atoms. The van der Waals surface area contributed by atoms with Crippen molar-refractivity contribution in [2.24, 2.45) is 0 Å². The van der Waals surface area contributed by atoms with Crippen LogP contribution in [0.25, 0.3) is 0 Å². The molecule has 18 heavy (non-hydrogen) atoms. The van der Waals surface area contributed by atoms with Crippen molar-refractivity contribution in [2.45, 2.75) is 6.92 Å². The molecule has 0 fully saturated rings. The fourth-order valence-corrected chi connectivity index (χ4v) is 1.44. The van der Waals surface area contributed by atoms with E-state index in [1.54, 1.807) is 31.2 Å². The topological polar surface area (TPSA) is 107 Å². The van der Waals surface area contributed by atoms with Crippen molar-refractivity contribution >= 4 is 23.0 Å². The summed E-state index contributed by atoms with van der Waals surface area (Å²) in [5.74, 6) is 0.790. The third kappa shape index (κ3) is 2.51. The van der Waals surface area contributed by atoms with Gasteiger partial charge in [0.15, 0.2) is 5.82 Å². The third-order valence-electron chi connectivity index (χ3n) is 2.36. The molecular weight excluding hydrogens is 234 g/mol. The van der Waals surface area contributed by atoms with Crippen LogP contribution < -0.4 is 11.1 Å². The number of nitro benzene ring substituents is 1. The van der Waals surface area contributed by atoms with E-state index in [1.807, 2.05) is 0 Å². The largest absolute Gasteiger partial charge is 0.382 e. The Labute approximate surface area is 103 Å². The van der Waals surface area contributed by atoms with E-state index in [9.17, 15) is 10.1 Å². The van der Waals surface area contributed by atoms with Crippen LogP contribution in [-0.4, -0.2) is 15.1 Å². The highest BCUT2D eigenvalue weighted by Crippen LogP contribution is 2.24. The number of aromatic nitrogens is 2. The molecule has 7 heteroatoms. The van der Waals surface area contributed by atoms with Crippen molar-refractivity contribution < 1.29 is 4.92 Å². The van der Waals surface area contributed by atoms with Crippen LogP contribution in [0.1, 0.15) is 5.56 Å². The van der Waals surface area contributed by atoms with Crippen LogP contribution in [0.15, 0.2) is 30.3 Å². The molecule has 1 aromatic carbocycles. The zero-order valence-electron chi connectivity index (χ0n) is 9.62. The number of hydrogen-bond acceptors (Lipinski definition) is 6. The molecule has 2 rings (SSSR count). The Hall–Kier alpha value is -2.70. The van der Waals surface area contributed by atoms with Gasteiger partial charge in [0.2, 0.25) is 0 Å². The SMILES string of the molecule is Cc1ccc(Nc2ccc(N)nn2)cc1[N+](=O)[O-]. The van der Waals surface area contributed by atoms with Crippen LogP contribution in [0.5, 0.6) is 0 Å². The molecule has 2 aromatic rings. The second-order valence-corrected chi connectivity index (χ2v) is 3.73. The first-order valence-corrected chi connectivity index (χ1v) is 5.17. The number of hydrogen-bond donors (Lipinski definition) is 2. The van der Waals surface area contributed by atoms with Crippen LogP contribution >= 0.6 is 0 Å². The van der Waals surface area contributed by atoms with Crippen LogP contribution in [0.2, 0.25) is 0 Å². The summed E-state index contributed by atoms with van der Waals surface area (Å²) < 4.78 is 0. The van der Waals surface area contributed by atoms with Crippen molar-refractivity contribution in [3.63, 3.8) is 0 Å². The molecule has 0 unspecified atom stereocenters. The van der Waals surface area contributed by atoms with E-state index >= 15 is 0 Å². The molecule has 1 heterocycles. The maximum absolute atomic E-state index is 10.8. The number of nitro groups is 1. The summed E-state index contributed by atoms with van der Waals surface area (Å²) in [5.41, 5.74) is 6.65. The van der Waals surface area contributed by atoms with Crippen molar-refractivity contribution in [2.75, 3.05) is 11.1 Å². The molecule has 0 saturated carbocycles. The second kappa shape index (κ2) is 4.66. The minimum atomic E-state index is -0.421. The molecule has 7 nitrogen and oxygen atoms in total. The van der Waals surface area contributed by atoms with Gasteiger partial charge in [-0.05, 0) is 25.1 Å². The van der Waals surface area contributed by atoms with E-state index in [0.717, 1.165) is 0 Å². The predicted molar refractivity (Wildman–Crippen MR) is 67.6 cm³/mol. The number of rotatable bonds is 3. The molecule has 92 valence electrons. The number of nitrogen functional groups attached to an aromatic ring is 1. The second-order valence-electron chi connectivity index (χ2n) is 3.73. The summed E-state index contributed by atoms with van der Waals surface area (Å²) >= 11 is 0. The molecule has 1 aromatic heterocycles. The third-order valence-corrected chi connectivity index (χ3v) is 2.36. The number of anilines is 3. The number of aryl methyl sites for hydroxylation is 1. The summed E-state index contributed by atoms with van der Waals surface area (Å²) in [6.45, 7) is 1.69. The zero-order valence-corrected chi connectivity index (χ0v) is 9.62. The lowest BCUT2D eigenvalue weighted by Crippen LogP contribution is -1.99. The maximum Gasteiger partial charge on any atom is 0.274 e. The van der Waals surface area contributed by atoms with Gasteiger partial charge in [0.05, 0.1) is 4.92 Å². The molecule has 0 radical (unpaired) electrons. The zero-order chi connectivity index (χ0) is 13.1. The first-order chi connectivity index (χ1) is 8.56. The minimum Gasteiger partial charge on any atom is -0.382 e.